The van der Waals surface area contributed by atoms with E-state index in [9.17, 15) is 14.7 Å². The summed E-state index contributed by atoms with van der Waals surface area (Å²) in [6, 6.07) is 0. The van der Waals surface area contributed by atoms with Crippen molar-refractivity contribution in [1.29, 1.82) is 0 Å². The van der Waals surface area contributed by atoms with Gasteiger partial charge in [-0.3, -0.25) is 0 Å². The van der Waals surface area contributed by atoms with Crippen LogP contribution in [0.5, 0.6) is 0 Å². The number of β-lactam (4-membered cyclic amide) rings is 1. The van der Waals surface area contributed by atoms with Crippen molar-refractivity contribution in [2.75, 3.05) is 37.2 Å². The molecular weight excluding hydrogens is 379 g/mol. The molecule has 25 heavy (non-hydrogen) atoms. The van der Waals surface area contributed by atoms with E-state index in [4.69, 9.17) is 4.74 Å². The maximum absolute atomic E-state index is 13.0. The Balaban J connectivity index is 2.28. The van der Waals surface area contributed by atoms with Crippen molar-refractivity contribution >= 4 is 43.5 Å². The zero-order valence-electron chi connectivity index (χ0n) is 15.3. The van der Waals surface area contributed by atoms with Gasteiger partial charge in [0, 0.05) is 0 Å². The number of carbonyl (C=O) groups is 2. The molecule has 2 atom stereocenters. The predicted molar refractivity (Wildman–Crippen MR) is 109 cm³/mol. The fourth-order valence-corrected chi connectivity index (χ4v) is 8.81. The molecule has 2 heterocycles. The Morgan fingerprint density at radius 2 is 2.12 bits per heavy atom. The third kappa shape index (κ3) is 3.88. The number of rotatable bonds is 10. The van der Waals surface area contributed by atoms with Crippen LogP contribution in [-0.4, -0.2) is 70.2 Å². The SMILES string of the molecule is CCC[PH2](CCC)N[C@]1(OC)C(=O)N2C(C(=O)O)=C(CSC)CS[C@H]21. The average molecular weight is 409 g/mol. The Morgan fingerprint density at radius 1 is 1.48 bits per heavy atom. The Bertz CT molecular complexity index is 554. The standard InChI is InChI=1S/C16H29N2O4PS2/c1-5-7-23(8-6-2)17-16(22-3)14(21)18-12(13(19)20)11(9-24-4)10-25-15(16)18/h15,17H,5-10,23H2,1-4H3,(H,19,20)/t15-,16-/m0/s1. The van der Waals surface area contributed by atoms with E-state index in [0.29, 0.717) is 11.5 Å². The molecular formula is C16H29N2O4PS2. The number of methoxy groups -OCH3 is 1. The molecule has 0 spiro atoms. The summed E-state index contributed by atoms with van der Waals surface area (Å²) in [5, 5.41) is 12.9. The van der Waals surface area contributed by atoms with Crippen LogP contribution in [0.1, 0.15) is 26.7 Å². The number of fused-ring (bicyclic) bond motifs is 1. The average Bonchev–Trinajstić information content (AvgIpc) is 2.59. The summed E-state index contributed by atoms with van der Waals surface area (Å²) in [5.74, 6) is -0.0322. The van der Waals surface area contributed by atoms with E-state index < -0.39 is 19.8 Å². The first kappa shape index (κ1) is 21.0. The van der Waals surface area contributed by atoms with Crippen LogP contribution < -0.4 is 5.09 Å². The number of aliphatic carboxylic acids is 1. The van der Waals surface area contributed by atoms with Gasteiger partial charge in [-0.1, -0.05) is 0 Å². The number of hydrogen-bond acceptors (Lipinski definition) is 6. The Hall–Kier alpha value is -0.270. The van der Waals surface area contributed by atoms with Crippen molar-refractivity contribution in [1.82, 2.24) is 9.99 Å². The summed E-state index contributed by atoms with van der Waals surface area (Å²) >= 11 is 3.18. The fraction of sp³-hybridized carbons (Fsp3) is 0.750. The second kappa shape index (κ2) is 9.09. The molecule has 1 amide bonds. The van der Waals surface area contributed by atoms with Crippen molar-refractivity contribution in [3.8, 4) is 0 Å². The normalized spacial score (nSPS) is 26.4. The summed E-state index contributed by atoms with van der Waals surface area (Å²) in [7, 11) is 0.224. The predicted octanol–water partition coefficient (Wildman–Crippen LogP) is 2.22. The molecule has 2 rings (SSSR count). The molecule has 0 aromatic heterocycles. The number of carbonyl (C=O) groups excluding carboxylic acids is 1. The third-order valence-electron chi connectivity index (χ3n) is 4.65. The molecule has 2 N–H and O–H groups in total. The van der Waals surface area contributed by atoms with Crippen LogP contribution >= 0.6 is 31.6 Å². The molecule has 0 radical (unpaired) electrons. The second-order valence-corrected chi connectivity index (χ2v) is 11.2. The molecule has 2 aliphatic heterocycles. The van der Waals surface area contributed by atoms with Gasteiger partial charge >= 0.3 is 159 Å². The number of nitrogens with zero attached hydrogens (tertiary/aromatic N) is 1. The molecule has 2 aliphatic rings. The zero-order valence-corrected chi connectivity index (χ0v) is 18.1. The molecule has 6 nitrogen and oxygen atoms in total. The summed E-state index contributed by atoms with van der Waals surface area (Å²) in [6.45, 7) is 4.31. The van der Waals surface area contributed by atoms with Gasteiger partial charge in [-0.25, -0.2) is 0 Å². The molecule has 144 valence electrons. The van der Waals surface area contributed by atoms with Crippen LogP contribution in [0.4, 0.5) is 0 Å². The zero-order chi connectivity index (χ0) is 18.6. The Morgan fingerprint density at radius 3 is 2.60 bits per heavy atom. The van der Waals surface area contributed by atoms with Crippen LogP contribution in [0.15, 0.2) is 11.3 Å². The van der Waals surface area contributed by atoms with Crippen LogP contribution in [0.3, 0.4) is 0 Å². The van der Waals surface area contributed by atoms with E-state index in [1.807, 2.05) is 6.26 Å². The van der Waals surface area contributed by atoms with Crippen molar-refractivity contribution in [3.63, 3.8) is 0 Å². The van der Waals surface area contributed by atoms with E-state index >= 15 is 0 Å². The number of hydrogen-bond donors (Lipinski definition) is 2. The minimum atomic E-state index is -1.33. The van der Waals surface area contributed by atoms with Gasteiger partial charge in [0.15, 0.2) is 0 Å². The maximum atomic E-state index is 13.0. The van der Waals surface area contributed by atoms with Gasteiger partial charge in [0.1, 0.15) is 0 Å². The van der Waals surface area contributed by atoms with E-state index in [2.05, 4.69) is 18.9 Å². The first-order valence-electron chi connectivity index (χ1n) is 8.69. The summed E-state index contributed by atoms with van der Waals surface area (Å²) in [4.78, 5) is 26.2. The number of carboxylic acids is 1. The van der Waals surface area contributed by atoms with Gasteiger partial charge in [0.25, 0.3) is 0 Å². The van der Waals surface area contributed by atoms with E-state index in [0.717, 1.165) is 30.7 Å². The number of thioether (sulfide) groups is 2. The van der Waals surface area contributed by atoms with E-state index in [1.165, 1.54) is 4.90 Å². The van der Waals surface area contributed by atoms with Gasteiger partial charge in [-0.05, 0) is 0 Å². The van der Waals surface area contributed by atoms with Crippen LogP contribution in [-0.2, 0) is 14.3 Å². The van der Waals surface area contributed by atoms with Crippen molar-refractivity contribution < 1.29 is 19.4 Å². The minimum absolute atomic E-state index is 0.154. The molecule has 0 bridgehead atoms. The summed E-state index contributed by atoms with van der Waals surface area (Å²) < 4.78 is 5.69. The topological polar surface area (TPSA) is 78.9 Å². The van der Waals surface area contributed by atoms with Crippen LogP contribution in [0, 0.1) is 0 Å². The molecule has 0 saturated carbocycles. The van der Waals surface area contributed by atoms with E-state index in [-0.39, 0.29) is 17.0 Å². The quantitative estimate of drug-likeness (QED) is 0.326. The number of amides is 1. The monoisotopic (exact) mass is 408 g/mol. The molecule has 0 unspecified atom stereocenters. The number of ether oxygens (including phenoxy) is 1. The molecule has 1 saturated heterocycles. The van der Waals surface area contributed by atoms with Crippen molar-refractivity contribution in [2.24, 2.45) is 0 Å². The molecule has 0 aromatic rings. The van der Waals surface area contributed by atoms with Crippen molar-refractivity contribution in [3.05, 3.63) is 11.3 Å². The summed E-state index contributed by atoms with van der Waals surface area (Å²) in [5.41, 5.74) is -0.0886. The molecule has 1 fully saturated rings. The van der Waals surface area contributed by atoms with Gasteiger partial charge in [-0.15, -0.1) is 0 Å². The van der Waals surface area contributed by atoms with E-state index in [1.54, 1.807) is 30.6 Å². The van der Waals surface area contributed by atoms with Crippen LogP contribution in [0.25, 0.3) is 0 Å². The van der Waals surface area contributed by atoms with Gasteiger partial charge in [0.2, 0.25) is 0 Å². The fourth-order valence-electron chi connectivity index (χ4n) is 3.54. The first-order chi connectivity index (χ1) is 12.0. The van der Waals surface area contributed by atoms with Gasteiger partial charge in [-0.2, -0.15) is 0 Å². The molecule has 0 aromatic carbocycles. The molecule has 9 heteroatoms. The Kier molecular flexibility index (Phi) is 7.65. The molecule has 0 aliphatic carbocycles. The van der Waals surface area contributed by atoms with Crippen molar-refractivity contribution in [2.45, 2.75) is 37.8 Å². The van der Waals surface area contributed by atoms with Gasteiger partial charge in [0.05, 0.1) is 0 Å². The Labute approximate surface area is 159 Å². The summed E-state index contributed by atoms with van der Waals surface area (Å²) in [6.07, 6.45) is 6.30. The number of nitrogens with one attached hydrogen (secondary N) is 1. The number of carboxylic acid groups (broad SMARTS) is 1. The van der Waals surface area contributed by atoms with Gasteiger partial charge < -0.3 is 0 Å². The first-order valence-corrected chi connectivity index (χ1v) is 13.3. The van der Waals surface area contributed by atoms with Crippen LogP contribution in [0.2, 0.25) is 0 Å². The second-order valence-electron chi connectivity index (χ2n) is 6.39. The third-order valence-corrected chi connectivity index (χ3v) is 10.0.